The van der Waals surface area contributed by atoms with Crippen molar-refractivity contribution < 1.29 is 9.18 Å². The van der Waals surface area contributed by atoms with Crippen LogP contribution < -0.4 is 10.6 Å². The van der Waals surface area contributed by atoms with Gasteiger partial charge in [-0.3, -0.25) is 4.79 Å². The quantitative estimate of drug-likeness (QED) is 0.781. The summed E-state index contributed by atoms with van der Waals surface area (Å²) in [5.74, 6) is -0.360. The summed E-state index contributed by atoms with van der Waals surface area (Å²) in [4.78, 5) is 13.5. The Morgan fingerprint density at radius 1 is 1.56 bits per heavy atom. The number of halogens is 1. The van der Waals surface area contributed by atoms with E-state index in [0.29, 0.717) is 6.54 Å². The summed E-state index contributed by atoms with van der Waals surface area (Å²) < 4.78 is 13.1. The molecule has 0 saturated heterocycles. The maximum atomic E-state index is 13.1. The molecule has 0 unspecified atom stereocenters. The average Bonchev–Trinajstić information content (AvgIpc) is 2.26. The van der Waals surface area contributed by atoms with Crippen molar-refractivity contribution in [2.75, 3.05) is 11.4 Å². The molecule has 0 fully saturated rings. The lowest BCUT2D eigenvalue weighted by Crippen LogP contribution is -2.44. The Morgan fingerprint density at radius 2 is 2.31 bits per heavy atom. The van der Waals surface area contributed by atoms with Gasteiger partial charge >= 0.3 is 0 Å². The zero-order chi connectivity index (χ0) is 11.7. The monoisotopic (exact) mass is 222 g/mol. The van der Waals surface area contributed by atoms with Crippen LogP contribution >= 0.6 is 0 Å². The van der Waals surface area contributed by atoms with Crippen LogP contribution in [0, 0.1) is 5.82 Å². The Morgan fingerprint density at radius 3 is 3.00 bits per heavy atom. The molecule has 1 heterocycles. The molecule has 2 N–H and O–H groups in total. The number of amides is 1. The number of anilines is 1. The molecular weight excluding hydrogens is 207 g/mol. The molecule has 1 aromatic carbocycles. The van der Waals surface area contributed by atoms with Gasteiger partial charge in [0.2, 0.25) is 5.91 Å². The number of nitrogens with zero attached hydrogens (tertiary/aromatic N) is 1. The second-order valence-electron chi connectivity index (χ2n) is 4.16. The Bertz CT molecular complexity index is 417. The summed E-state index contributed by atoms with van der Waals surface area (Å²) in [6.45, 7) is 2.33. The topological polar surface area (TPSA) is 46.3 Å². The van der Waals surface area contributed by atoms with Gasteiger partial charge < -0.3 is 10.6 Å². The second-order valence-corrected chi connectivity index (χ2v) is 4.16. The van der Waals surface area contributed by atoms with Gasteiger partial charge in [-0.15, -0.1) is 0 Å². The van der Waals surface area contributed by atoms with E-state index < -0.39 is 6.04 Å². The van der Waals surface area contributed by atoms with E-state index in [2.05, 4.69) is 0 Å². The van der Waals surface area contributed by atoms with Crippen molar-refractivity contribution in [3.63, 3.8) is 0 Å². The number of aryl methyl sites for hydroxylation is 1. The van der Waals surface area contributed by atoms with Gasteiger partial charge in [0, 0.05) is 12.2 Å². The summed E-state index contributed by atoms with van der Waals surface area (Å²) >= 11 is 0. The van der Waals surface area contributed by atoms with Crippen molar-refractivity contribution in [3.8, 4) is 0 Å². The minimum Gasteiger partial charge on any atom is -0.320 e. The summed E-state index contributed by atoms with van der Waals surface area (Å²) in [7, 11) is 0. The first-order chi connectivity index (χ1) is 7.59. The molecule has 0 saturated carbocycles. The van der Waals surface area contributed by atoms with Crippen LogP contribution in [-0.2, 0) is 11.2 Å². The van der Waals surface area contributed by atoms with Crippen molar-refractivity contribution in [1.29, 1.82) is 0 Å². The fraction of sp³-hybridized carbons (Fsp3) is 0.417. The third-order valence-corrected chi connectivity index (χ3v) is 2.82. The molecule has 1 aromatic rings. The first kappa shape index (κ1) is 11.1. The molecule has 1 amide bonds. The van der Waals surface area contributed by atoms with Crippen LogP contribution in [0.25, 0.3) is 0 Å². The van der Waals surface area contributed by atoms with E-state index in [9.17, 15) is 9.18 Å². The molecular formula is C12H15FN2O. The lowest BCUT2D eigenvalue weighted by atomic mass is 10.0. The highest BCUT2D eigenvalue weighted by atomic mass is 19.1. The molecule has 0 radical (unpaired) electrons. The van der Waals surface area contributed by atoms with E-state index in [1.807, 2.05) is 0 Å². The molecule has 1 aliphatic rings. The third kappa shape index (κ3) is 1.93. The van der Waals surface area contributed by atoms with Gasteiger partial charge in [-0.2, -0.15) is 0 Å². The summed E-state index contributed by atoms with van der Waals surface area (Å²) in [5.41, 5.74) is 7.28. The third-order valence-electron chi connectivity index (χ3n) is 2.82. The lowest BCUT2D eigenvalue weighted by molar-refractivity contribution is -0.119. The second kappa shape index (κ2) is 4.22. The van der Waals surface area contributed by atoms with Crippen LogP contribution in [0.15, 0.2) is 18.2 Å². The number of fused-ring (bicyclic) bond motifs is 1. The van der Waals surface area contributed by atoms with E-state index in [4.69, 9.17) is 5.73 Å². The molecule has 16 heavy (non-hydrogen) atoms. The Kier molecular flexibility index (Phi) is 2.92. The molecule has 0 aromatic heterocycles. The maximum Gasteiger partial charge on any atom is 0.243 e. The van der Waals surface area contributed by atoms with Crippen LogP contribution in [0.2, 0.25) is 0 Å². The number of carbonyl (C=O) groups excluding carboxylic acids is 1. The highest BCUT2D eigenvalue weighted by Gasteiger charge is 2.24. The maximum absolute atomic E-state index is 13.1. The number of benzene rings is 1. The normalized spacial score (nSPS) is 16.8. The lowest BCUT2D eigenvalue weighted by Gasteiger charge is -2.30. The fourth-order valence-corrected chi connectivity index (χ4v) is 2.04. The standard InChI is InChI=1S/C12H15FN2O/c1-8(14)12(16)15-6-2-3-9-7-10(13)4-5-11(9)15/h4-5,7-8H,2-3,6,14H2,1H3/t8-/m0/s1. The van der Waals surface area contributed by atoms with Gasteiger partial charge in [0.15, 0.2) is 0 Å². The minimum atomic E-state index is -0.518. The van der Waals surface area contributed by atoms with Gasteiger partial charge in [0.25, 0.3) is 0 Å². The van der Waals surface area contributed by atoms with Crippen molar-refractivity contribution in [1.82, 2.24) is 0 Å². The predicted octanol–water partition coefficient (Wildman–Crippen LogP) is 1.45. The van der Waals surface area contributed by atoms with Crippen LogP contribution in [0.1, 0.15) is 18.9 Å². The van der Waals surface area contributed by atoms with E-state index >= 15 is 0 Å². The van der Waals surface area contributed by atoms with Gasteiger partial charge in [-0.1, -0.05) is 0 Å². The molecule has 86 valence electrons. The van der Waals surface area contributed by atoms with Crippen LogP contribution in [-0.4, -0.2) is 18.5 Å². The van der Waals surface area contributed by atoms with Crippen molar-refractivity contribution in [3.05, 3.63) is 29.6 Å². The van der Waals surface area contributed by atoms with Crippen molar-refractivity contribution in [2.45, 2.75) is 25.8 Å². The fourth-order valence-electron chi connectivity index (χ4n) is 2.04. The number of nitrogens with two attached hydrogens (primary N) is 1. The summed E-state index contributed by atoms with van der Waals surface area (Å²) in [6, 6.07) is 4.02. The average molecular weight is 222 g/mol. The molecule has 0 bridgehead atoms. The van der Waals surface area contributed by atoms with Gasteiger partial charge in [0.05, 0.1) is 6.04 Å². The summed E-state index contributed by atoms with van der Waals surface area (Å²) in [5, 5.41) is 0. The van der Waals surface area contributed by atoms with Gasteiger partial charge in [-0.05, 0) is 43.5 Å². The summed E-state index contributed by atoms with van der Waals surface area (Å²) in [6.07, 6.45) is 1.67. The Hall–Kier alpha value is -1.42. The first-order valence-corrected chi connectivity index (χ1v) is 5.45. The SMILES string of the molecule is C[C@H](N)C(=O)N1CCCc2cc(F)ccc21. The number of hydrogen-bond acceptors (Lipinski definition) is 2. The molecule has 0 aliphatic carbocycles. The van der Waals surface area contributed by atoms with E-state index in [1.165, 1.54) is 12.1 Å². The Labute approximate surface area is 94.0 Å². The first-order valence-electron chi connectivity index (χ1n) is 5.45. The smallest absolute Gasteiger partial charge is 0.243 e. The predicted molar refractivity (Wildman–Crippen MR) is 60.7 cm³/mol. The van der Waals surface area contributed by atoms with Gasteiger partial charge in [-0.25, -0.2) is 4.39 Å². The van der Waals surface area contributed by atoms with Crippen molar-refractivity contribution in [2.24, 2.45) is 5.73 Å². The molecule has 1 aliphatic heterocycles. The van der Waals surface area contributed by atoms with E-state index in [0.717, 1.165) is 24.1 Å². The van der Waals surface area contributed by atoms with Gasteiger partial charge in [0.1, 0.15) is 5.82 Å². The van der Waals surface area contributed by atoms with Crippen molar-refractivity contribution >= 4 is 11.6 Å². The highest BCUT2D eigenvalue weighted by Crippen LogP contribution is 2.27. The minimum absolute atomic E-state index is 0.104. The van der Waals surface area contributed by atoms with Crippen LogP contribution in [0.5, 0.6) is 0 Å². The molecule has 4 heteroatoms. The molecule has 2 rings (SSSR count). The zero-order valence-electron chi connectivity index (χ0n) is 9.24. The number of rotatable bonds is 1. The number of carbonyl (C=O) groups is 1. The molecule has 3 nitrogen and oxygen atoms in total. The van der Waals surface area contributed by atoms with Crippen LogP contribution in [0.3, 0.4) is 0 Å². The van der Waals surface area contributed by atoms with E-state index in [1.54, 1.807) is 17.9 Å². The largest absolute Gasteiger partial charge is 0.320 e. The molecule has 1 atom stereocenters. The highest BCUT2D eigenvalue weighted by molar-refractivity contribution is 5.97. The van der Waals surface area contributed by atoms with E-state index in [-0.39, 0.29) is 11.7 Å². The number of hydrogen-bond donors (Lipinski definition) is 1. The zero-order valence-corrected chi connectivity index (χ0v) is 9.24. The Balaban J connectivity index is 2.37. The van der Waals surface area contributed by atoms with Crippen LogP contribution in [0.4, 0.5) is 10.1 Å². The molecule has 0 spiro atoms.